The van der Waals surface area contributed by atoms with Crippen LogP contribution in [0.5, 0.6) is 0 Å². The summed E-state index contributed by atoms with van der Waals surface area (Å²) >= 11 is 0. The summed E-state index contributed by atoms with van der Waals surface area (Å²) in [5, 5.41) is 10.2. The molecule has 0 aliphatic carbocycles. The quantitative estimate of drug-likeness (QED) is 0.835. The maximum absolute atomic E-state index is 9.11. The fraction of sp³-hybridized carbons (Fsp3) is 0.308. The van der Waals surface area contributed by atoms with Gasteiger partial charge in [0.25, 0.3) is 0 Å². The molecule has 0 amide bonds. The minimum absolute atomic E-state index is 0.0584. The number of anilines is 1. The molecule has 1 aromatic heterocycles. The maximum Gasteiger partial charge on any atom is 0.0729 e. The van der Waals surface area contributed by atoms with Crippen LogP contribution in [-0.4, -0.2) is 24.2 Å². The Hall–Kier alpha value is -1.61. The van der Waals surface area contributed by atoms with Gasteiger partial charge in [-0.15, -0.1) is 0 Å². The van der Waals surface area contributed by atoms with Crippen LogP contribution in [0.15, 0.2) is 24.3 Å². The molecule has 1 heterocycles. The monoisotopic (exact) mass is 216 g/mol. The fourth-order valence-electron chi connectivity index (χ4n) is 1.85. The van der Waals surface area contributed by atoms with Crippen molar-refractivity contribution in [1.29, 1.82) is 0 Å². The predicted molar refractivity (Wildman–Crippen MR) is 66.7 cm³/mol. The summed E-state index contributed by atoms with van der Waals surface area (Å²) in [7, 11) is 4.04. The van der Waals surface area contributed by atoms with Crippen LogP contribution in [0.1, 0.15) is 11.3 Å². The highest BCUT2D eigenvalue weighted by atomic mass is 16.3. The van der Waals surface area contributed by atoms with Crippen LogP contribution in [-0.2, 0) is 6.61 Å². The number of nitrogens with zero attached hydrogens (tertiary/aromatic N) is 2. The topological polar surface area (TPSA) is 36.4 Å². The molecule has 0 unspecified atom stereocenters. The minimum atomic E-state index is 0.0584. The molecule has 2 rings (SSSR count). The standard InChI is InChI=1S/C13H16N2O/c1-9-6-13(15(2)3)11-5-4-10(8-16)7-12(11)14-9/h4-7,16H,8H2,1-3H3. The lowest BCUT2D eigenvalue weighted by molar-refractivity contribution is 0.282. The predicted octanol–water partition coefficient (Wildman–Crippen LogP) is 2.10. The molecule has 0 saturated heterocycles. The second kappa shape index (κ2) is 4.10. The zero-order valence-corrected chi connectivity index (χ0v) is 9.86. The molecule has 3 heteroatoms. The minimum Gasteiger partial charge on any atom is -0.392 e. The number of hydrogen-bond donors (Lipinski definition) is 1. The van der Waals surface area contributed by atoms with E-state index in [0.717, 1.165) is 27.8 Å². The van der Waals surface area contributed by atoms with Crippen LogP contribution < -0.4 is 4.90 Å². The molecule has 0 bridgehead atoms. The summed E-state index contributed by atoms with van der Waals surface area (Å²) < 4.78 is 0. The highest BCUT2D eigenvalue weighted by Crippen LogP contribution is 2.26. The first-order chi connectivity index (χ1) is 7.61. The van der Waals surface area contributed by atoms with Crippen molar-refractivity contribution in [2.45, 2.75) is 13.5 Å². The zero-order valence-electron chi connectivity index (χ0n) is 9.86. The summed E-state index contributed by atoms with van der Waals surface area (Å²) in [5.41, 5.74) is 3.99. The van der Waals surface area contributed by atoms with Gasteiger partial charge in [-0.1, -0.05) is 12.1 Å². The van der Waals surface area contributed by atoms with Crippen LogP contribution in [0.2, 0.25) is 0 Å². The highest BCUT2D eigenvalue weighted by Gasteiger charge is 2.06. The fourth-order valence-corrected chi connectivity index (χ4v) is 1.85. The van der Waals surface area contributed by atoms with Crippen molar-refractivity contribution in [3.63, 3.8) is 0 Å². The molecule has 0 aliphatic rings. The Labute approximate surface area is 95.3 Å². The van der Waals surface area contributed by atoms with E-state index >= 15 is 0 Å². The Bertz CT molecular complexity index is 521. The molecular formula is C13H16N2O. The Morgan fingerprint density at radius 2 is 2.00 bits per heavy atom. The van der Waals surface area contributed by atoms with Crippen LogP contribution in [0, 0.1) is 6.92 Å². The molecule has 0 radical (unpaired) electrons. The van der Waals surface area contributed by atoms with E-state index < -0.39 is 0 Å². The third-order valence-corrected chi connectivity index (χ3v) is 2.64. The summed E-state index contributed by atoms with van der Waals surface area (Å²) in [5.74, 6) is 0. The summed E-state index contributed by atoms with van der Waals surface area (Å²) in [6.45, 7) is 2.04. The SMILES string of the molecule is Cc1cc(N(C)C)c2ccc(CO)cc2n1. The molecule has 0 fully saturated rings. The van der Waals surface area contributed by atoms with E-state index in [1.54, 1.807) is 0 Å². The average Bonchev–Trinajstić information content (AvgIpc) is 2.26. The lowest BCUT2D eigenvalue weighted by Gasteiger charge is -2.16. The molecule has 3 nitrogen and oxygen atoms in total. The number of aryl methyl sites for hydroxylation is 1. The van der Waals surface area contributed by atoms with Gasteiger partial charge in [-0.3, -0.25) is 4.98 Å². The van der Waals surface area contributed by atoms with Gasteiger partial charge >= 0.3 is 0 Å². The summed E-state index contributed by atoms with van der Waals surface area (Å²) in [6.07, 6.45) is 0. The van der Waals surface area contributed by atoms with Crippen molar-refractivity contribution in [2.24, 2.45) is 0 Å². The van der Waals surface area contributed by atoms with E-state index in [0.29, 0.717) is 0 Å². The van der Waals surface area contributed by atoms with Gasteiger partial charge in [0.1, 0.15) is 0 Å². The Balaban J connectivity index is 2.73. The number of fused-ring (bicyclic) bond motifs is 1. The van der Waals surface area contributed by atoms with Gasteiger partial charge in [0.05, 0.1) is 12.1 Å². The molecule has 0 aliphatic heterocycles. The van der Waals surface area contributed by atoms with Crippen LogP contribution in [0.25, 0.3) is 10.9 Å². The van der Waals surface area contributed by atoms with Gasteiger partial charge in [-0.05, 0) is 24.6 Å². The third-order valence-electron chi connectivity index (χ3n) is 2.64. The normalized spacial score (nSPS) is 10.8. The second-order valence-electron chi connectivity index (χ2n) is 4.19. The van der Waals surface area contributed by atoms with Gasteiger partial charge < -0.3 is 10.0 Å². The van der Waals surface area contributed by atoms with Crippen molar-refractivity contribution in [1.82, 2.24) is 4.98 Å². The number of aromatic nitrogens is 1. The molecular weight excluding hydrogens is 200 g/mol. The third kappa shape index (κ3) is 1.86. The molecule has 16 heavy (non-hydrogen) atoms. The molecule has 0 saturated carbocycles. The number of aliphatic hydroxyl groups is 1. The van der Waals surface area contributed by atoms with E-state index in [9.17, 15) is 0 Å². The maximum atomic E-state index is 9.11. The van der Waals surface area contributed by atoms with Crippen LogP contribution >= 0.6 is 0 Å². The van der Waals surface area contributed by atoms with Gasteiger partial charge in [0.15, 0.2) is 0 Å². The summed E-state index contributed by atoms with van der Waals surface area (Å²) in [6, 6.07) is 7.96. The number of hydrogen-bond acceptors (Lipinski definition) is 3. The lowest BCUT2D eigenvalue weighted by atomic mass is 10.1. The largest absolute Gasteiger partial charge is 0.392 e. The van der Waals surface area contributed by atoms with Gasteiger partial charge in [0.2, 0.25) is 0 Å². The smallest absolute Gasteiger partial charge is 0.0729 e. The number of rotatable bonds is 2. The van der Waals surface area contributed by atoms with Crippen molar-refractivity contribution >= 4 is 16.6 Å². The average molecular weight is 216 g/mol. The Morgan fingerprint density at radius 1 is 1.25 bits per heavy atom. The molecule has 0 spiro atoms. The Morgan fingerprint density at radius 3 is 2.62 bits per heavy atom. The van der Waals surface area contributed by atoms with Crippen molar-refractivity contribution in [3.8, 4) is 0 Å². The summed E-state index contributed by atoms with van der Waals surface area (Å²) in [4.78, 5) is 6.57. The second-order valence-corrected chi connectivity index (χ2v) is 4.19. The molecule has 1 N–H and O–H groups in total. The first-order valence-corrected chi connectivity index (χ1v) is 5.30. The zero-order chi connectivity index (χ0) is 11.7. The van der Waals surface area contributed by atoms with E-state index in [4.69, 9.17) is 5.11 Å². The molecule has 2 aromatic rings. The van der Waals surface area contributed by atoms with E-state index in [2.05, 4.69) is 16.0 Å². The molecule has 0 atom stereocenters. The number of aliphatic hydroxyl groups excluding tert-OH is 1. The van der Waals surface area contributed by atoms with E-state index in [1.165, 1.54) is 0 Å². The van der Waals surface area contributed by atoms with Gasteiger partial charge in [0, 0.05) is 30.9 Å². The van der Waals surface area contributed by atoms with Crippen LogP contribution in [0.4, 0.5) is 5.69 Å². The highest BCUT2D eigenvalue weighted by molar-refractivity contribution is 5.92. The Kier molecular flexibility index (Phi) is 2.79. The van der Waals surface area contributed by atoms with Gasteiger partial charge in [-0.25, -0.2) is 0 Å². The van der Waals surface area contributed by atoms with Crippen molar-refractivity contribution < 1.29 is 5.11 Å². The number of pyridine rings is 1. The lowest BCUT2D eigenvalue weighted by Crippen LogP contribution is -2.10. The van der Waals surface area contributed by atoms with E-state index in [-0.39, 0.29) is 6.61 Å². The van der Waals surface area contributed by atoms with Crippen molar-refractivity contribution in [3.05, 3.63) is 35.5 Å². The first kappa shape index (κ1) is 10.9. The van der Waals surface area contributed by atoms with Crippen molar-refractivity contribution in [2.75, 3.05) is 19.0 Å². The number of benzene rings is 1. The first-order valence-electron chi connectivity index (χ1n) is 5.30. The van der Waals surface area contributed by atoms with Crippen LogP contribution in [0.3, 0.4) is 0 Å². The molecule has 84 valence electrons. The molecule has 1 aromatic carbocycles. The van der Waals surface area contributed by atoms with Gasteiger partial charge in [-0.2, -0.15) is 0 Å². The van der Waals surface area contributed by atoms with E-state index in [1.807, 2.05) is 39.2 Å².